The molecule has 11 atom stereocenters. The van der Waals surface area contributed by atoms with E-state index in [0.717, 1.165) is 38.1 Å². The molecule has 1 fully saturated rings. The quantitative estimate of drug-likeness (QED) is 0.0404. The van der Waals surface area contributed by atoms with Crippen LogP contribution in [0.3, 0.4) is 0 Å². The Kier molecular flexibility index (Phi) is 26.3. The predicted octanol–water partition coefficient (Wildman–Crippen LogP) is -1.35. The fourth-order valence-corrected chi connectivity index (χ4v) is 10.1. The van der Waals surface area contributed by atoms with Gasteiger partial charge >= 0.3 is 5.97 Å². The number of carboxylic acid groups (broad SMARTS) is 1. The summed E-state index contributed by atoms with van der Waals surface area (Å²) in [6.45, 7) is 3.42. The number of hydrogen-bond donors (Lipinski definition) is 15. The largest absolute Gasteiger partial charge is 0.479 e. The van der Waals surface area contributed by atoms with Gasteiger partial charge in [0.2, 0.25) is 41.4 Å². The minimum absolute atomic E-state index is 0.0340. The number of carboxylic acids is 1. The molecule has 1 saturated heterocycles. The summed E-state index contributed by atoms with van der Waals surface area (Å²) in [5, 5.41) is 66.3. The Bertz CT molecular complexity index is 2560. The van der Waals surface area contributed by atoms with Gasteiger partial charge in [-0.1, -0.05) is 100 Å². The van der Waals surface area contributed by atoms with Crippen LogP contribution in [0.5, 0.6) is 0 Å². The van der Waals surface area contributed by atoms with Crippen LogP contribution in [0.2, 0.25) is 0 Å². The second-order valence-electron chi connectivity index (χ2n) is 18.5. The lowest BCUT2D eigenvalue weighted by Gasteiger charge is -2.29. The van der Waals surface area contributed by atoms with Crippen molar-refractivity contribution in [3.63, 3.8) is 0 Å². The van der Waals surface area contributed by atoms with Gasteiger partial charge < -0.3 is 79.2 Å². The Morgan fingerprint density at radius 3 is 1.86 bits per heavy atom. The number of aromatic amines is 1. The highest BCUT2D eigenvalue weighted by atomic mass is 33.1. The highest BCUT2D eigenvalue weighted by Crippen LogP contribution is 2.24. The third kappa shape index (κ3) is 20.7. The predicted molar refractivity (Wildman–Crippen MR) is 291 cm³/mol. The maximum absolute atomic E-state index is 14.7. The smallest absolute Gasteiger partial charge is 0.332 e. The van der Waals surface area contributed by atoms with Crippen LogP contribution in [0, 0.1) is 0 Å². The number of amides is 7. The lowest BCUT2D eigenvalue weighted by molar-refractivity contribution is -0.145. The Morgan fingerprint density at radius 2 is 1.26 bits per heavy atom. The van der Waals surface area contributed by atoms with E-state index in [-0.39, 0.29) is 43.7 Å². The summed E-state index contributed by atoms with van der Waals surface area (Å²) >= 11 is 0. The average molecular weight is 1110 g/mol. The number of carbonyl (C=O) groups is 8. The van der Waals surface area contributed by atoms with Crippen molar-refractivity contribution in [2.24, 2.45) is 11.5 Å². The first-order chi connectivity index (χ1) is 36.7. The highest BCUT2D eigenvalue weighted by Gasteiger charge is 2.36. The fourth-order valence-electron chi connectivity index (χ4n) is 7.73. The summed E-state index contributed by atoms with van der Waals surface area (Å²) in [7, 11) is 2.06. The van der Waals surface area contributed by atoms with Crippen molar-refractivity contribution in [3.8, 4) is 0 Å². The van der Waals surface area contributed by atoms with E-state index in [1.807, 2.05) is 30.3 Å². The lowest BCUT2D eigenvalue weighted by Crippen LogP contribution is -2.62. The normalized spacial score (nSPS) is 22.1. The number of benzene rings is 3. The van der Waals surface area contributed by atoms with Gasteiger partial charge in [-0.2, -0.15) is 0 Å². The van der Waals surface area contributed by atoms with Crippen LogP contribution in [-0.4, -0.2) is 169 Å². The zero-order valence-corrected chi connectivity index (χ0v) is 44.7. The molecule has 3 aromatic carbocycles. The number of aliphatic hydroxyl groups is 4. The fraction of sp³-hybridized carbons (Fsp3) is 0.462. The number of aromatic nitrogens is 1. The number of aliphatic carboxylic acids is 1. The van der Waals surface area contributed by atoms with Gasteiger partial charge in [-0.05, 0) is 75.8 Å². The zero-order valence-electron chi connectivity index (χ0n) is 43.1. The molecule has 0 aliphatic carbocycles. The average Bonchev–Trinajstić information content (AvgIpc) is 3.81. The Labute approximate surface area is 454 Å². The molecular formula is C52H72N10O13S2. The second kappa shape index (κ2) is 32.2. The molecule has 25 heteroatoms. The monoisotopic (exact) mass is 1110 g/mol. The molecule has 5 rings (SSSR count). The number of H-pyrrole nitrogens is 1. The number of carbonyl (C=O) groups excluding carboxylic acids is 7. The van der Waals surface area contributed by atoms with E-state index < -0.39 is 121 Å². The van der Waals surface area contributed by atoms with E-state index in [1.165, 1.54) is 20.8 Å². The molecule has 1 aliphatic heterocycles. The van der Waals surface area contributed by atoms with Gasteiger partial charge in [0.05, 0.1) is 30.9 Å². The van der Waals surface area contributed by atoms with Crippen molar-refractivity contribution in [2.75, 3.05) is 24.7 Å². The summed E-state index contributed by atoms with van der Waals surface area (Å²) in [6.07, 6.45) is -1.39. The first kappa shape index (κ1) is 63.0. The molecule has 4 aromatic rings. The lowest BCUT2D eigenvalue weighted by atomic mass is 10.0. The van der Waals surface area contributed by atoms with Crippen LogP contribution in [0.4, 0.5) is 0 Å². The standard InChI is InChI=1S/C49H66N10O10S2.C3H6O3/c1-28(61)39(25-60)56-48(68)41-27-71-70-26-40(57-43(63)34(51)21-30-13-5-3-6-14-30)47(67)54-37(22-31-15-7-4-8-16-31)45(65)55-38(23-32-24-52-35-18-10-9-17-33(32)35)46(66)53-36(19-11-12-20-50)44(64)59-42(29(2)62)49(69)58-41;1-2(4)3(5)6/h3-10,13-18,24,28-29,34,36-42,52,60-62H,11-12,19-23,25-27,50-51H2,1-2H3,(H,53,66)(H,54,67)(H,55,65)(H,56,68)(H,57,63)(H,58,69)(H,59,64);2,4H,1H3,(H,5,6)/t28-,29?,34-,36+,37+,38-,39-,40+,41+,42+;/m1./s1. The van der Waals surface area contributed by atoms with Gasteiger partial charge in [0.25, 0.3) is 0 Å². The minimum Gasteiger partial charge on any atom is -0.479 e. The van der Waals surface area contributed by atoms with Crippen LogP contribution >= 0.6 is 21.6 Å². The Hall–Kier alpha value is -6.58. The Morgan fingerprint density at radius 1 is 0.701 bits per heavy atom. The summed E-state index contributed by atoms with van der Waals surface area (Å²) in [5.41, 5.74) is 15.0. The number of rotatable bonds is 18. The van der Waals surface area contributed by atoms with Gasteiger partial charge in [0, 0.05) is 41.4 Å². The molecule has 23 nitrogen and oxygen atoms in total. The van der Waals surface area contributed by atoms with Gasteiger partial charge in [0.1, 0.15) is 42.4 Å². The summed E-state index contributed by atoms with van der Waals surface area (Å²) in [5.74, 6) is -7.19. The van der Waals surface area contributed by atoms with Crippen molar-refractivity contribution in [2.45, 2.75) is 126 Å². The number of nitrogens with two attached hydrogens (primary N) is 2. The molecule has 0 saturated carbocycles. The maximum atomic E-state index is 14.7. The van der Waals surface area contributed by atoms with E-state index in [1.54, 1.807) is 60.8 Å². The van der Waals surface area contributed by atoms with Crippen LogP contribution < -0.4 is 48.7 Å². The number of fused-ring (bicyclic) bond motifs is 1. The third-order valence-electron chi connectivity index (χ3n) is 12.2. The molecule has 77 heavy (non-hydrogen) atoms. The first-order valence-electron chi connectivity index (χ1n) is 25.1. The van der Waals surface area contributed by atoms with Gasteiger partial charge in [-0.3, -0.25) is 33.6 Å². The Balaban J connectivity index is 0.00000201. The van der Waals surface area contributed by atoms with E-state index in [2.05, 4.69) is 42.2 Å². The van der Waals surface area contributed by atoms with Crippen molar-refractivity contribution < 1.29 is 63.9 Å². The molecule has 0 spiro atoms. The molecular weight excluding hydrogens is 1040 g/mol. The molecule has 0 radical (unpaired) electrons. The third-order valence-corrected chi connectivity index (χ3v) is 14.6. The van der Waals surface area contributed by atoms with Crippen molar-refractivity contribution in [1.82, 2.24) is 42.2 Å². The van der Waals surface area contributed by atoms with Gasteiger partial charge in [-0.25, -0.2) is 4.79 Å². The molecule has 1 aliphatic rings. The number of hydrogen-bond acceptors (Lipinski definition) is 16. The number of unbranched alkanes of at least 4 members (excludes halogenated alkanes) is 1. The summed E-state index contributed by atoms with van der Waals surface area (Å²) in [4.78, 5) is 112. The maximum Gasteiger partial charge on any atom is 0.332 e. The molecule has 17 N–H and O–H groups in total. The highest BCUT2D eigenvalue weighted by molar-refractivity contribution is 8.76. The SMILES string of the molecule is CC(O)C(=O)O.CC(O)[C@@H]1NC(=O)[C@H](CCCCN)NC(=O)[C@@H](Cc2c[nH]c3ccccc23)NC(=O)[C@H](Cc2ccccc2)NC(=O)[C@@H](NC(=O)[C@H](N)Cc2ccccc2)CSSC[C@@H](C(=O)N[C@H](CO)[C@@H](C)O)NC1=O. The van der Waals surface area contributed by atoms with E-state index in [9.17, 15) is 53.7 Å². The van der Waals surface area contributed by atoms with E-state index in [4.69, 9.17) is 21.7 Å². The molecule has 7 amide bonds. The molecule has 0 bridgehead atoms. The number of para-hydroxylation sites is 1. The van der Waals surface area contributed by atoms with E-state index >= 15 is 0 Å². The van der Waals surface area contributed by atoms with Crippen molar-refractivity contribution >= 4 is 79.8 Å². The minimum atomic E-state index is -1.66. The summed E-state index contributed by atoms with van der Waals surface area (Å²) in [6, 6.07) is 14.6. The molecule has 420 valence electrons. The molecule has 2 heterocycles. The van der Waals surface area contributed by atoms with Crippen LogP contribution in [0.15, 0.2) is 91.1 Å². The van der Waals surface area contributed by atoms with Crippen molar-refractivity contribution in [1.29, 1.82) is 0 Å². The topological polar surface area (TPSA) is 390 Å². The van der Waals surface area contributed by atoms with Gasteiger partial charge in [-0.15, -0.1) is 0 Å². The van der Waals surface area contributed by atoms with Crippen LogP contribution in [-0.2, 0) is 57.6 Å². The summed E-state index contributed by atoms with van der Waals surface area (Å²) < 4.78 is 0. The zero-order chi connectivity index (χ0) is 56.6. The number of nitrogens with one attached hydrogen (secondary N) is 8. The molecule has 2 unspecified atom stereocenters. The van der Waals surface area contributed by atoms with Crippen molar-refractivity contribution in [3.05, 3.63) is 108 Å². The second-order valence-corrected chi connectivity index (χ2v) is 21.0. The van der Waals surface area contributed by atoms with Crippen LogP contribution in [0.25, 0.3) is 10.9 Å². The van der Waals surface area contributed by atoms with E-state index in [0.29, 0.717) is 24.0 Å². The molecule has 1 aromatic heterocycles. The first-order valence-corrected chi connectivity index (χ1v) is 27.5. The van der Waals surface area contributed by atoms with Crippen LogP contribution in [0.1, 0.15) is 56.7 Å². The van der Waals surface area contributed by atoms with Gasteiger partial charge in [0.15, 0.2) is 0 Å². The number of aliphatic hydroxyl groups excluding tert-OH is 4.